The van der Waals surface area contributed by atoms with Gasteiger partial charge in [-0.15, -0.1) is 0 Å². The third-order valence-corrected chi connectivity index (χ3v) is 11.3. The molecule has 0 radical (unpaired) electrons. The second-order valence-corrected chi connectivity index (χ2v) is 14.4. The number of benzene rings is 9. The summed E-state index contributed by atoms with van der Waals surface area (Å²) in [4.78, 5) is 0. The number of furan rings is 1. The summed E-state index contributed by atoms with van der Waals surface area (Å²) in [5.41, 5.74) is 3.39. The molecule has 10 rings (SSSR count). The first-order chi connectivity index (χ1) is 28.0. The van der Waals surface area contributed by atoms with Crippen LogP contribution in [0.15, 0.2) is 132 Å². The van der Waals surface area contributed by atoms with Gasteiger partial charge in [-0.1, -0.05) is 103 Å². The smallest absolute Gasteiger partial charge is 0.170 e. The van der Waals surface area contributed by atoms with Crippen LogP contribution in [0.25, 0.3) is 98.8 Å². The molecular weight excluding hydrogens is 731 g/mol. The van der Waals surface area contributed by atoms with Crippen LogP contribution in [0.4, 0.5) is 0 Å². The topological polar surface area (TPSA) is 175 Å². The second kappa shape index (κ2) is 12.5. The maximum absolute atomic E-state index is 11.8. The van der Waals surface area contributed by atoms with E-state index in [1.165, 1.54) is 7.85 Å². The van der Waals surface area contributed by atoms with Crippen molar-refractivity contribution in [2.75, 3.05) is 0 Å². The highest BCUT2D eigenvalue weighted by molar-refractivity contribution is 6.37. The molecule has 0 spiro atoms. The molecule has 0 bridgehead atoms. The molecule has 1 aromatic heterocycles. The first-order valence-corrected chi connectivity index (χ1v) is 18.4. The molecule has 0 aliphatic rings. The quantitative estimate of drug-likeness (QED) is 0.0376. The van der Waals surface area contributed by atoms with Gasteiger partial charge in [-0.2, -0.15) is 0 Å². The Balaban J connectivity index is 1.24. The van der Waals surface area contributed by atoms with E-state index < -0.39 is 57.1 Å². The third-order valence-electron chi connectivity index (χ3n) is 11.3. The summed E-state index contributed by atoms with van der Waals surface area (Å²) >= 11 is 0. The summed E-state index contributed by atoms with van der Waals surface area (Å²) in [6, 6.07) is 41.4. The molecule has 0 aliphatic carbocycles. The van der Waals surface area contributed by atoms with Crippen LogP contribution in [0.2, 0.25) is 0 Å². The van der Waals surface area contributed by atoms with E-state index in [0.29, 0.717) is 16.4 Å². The predicted molar refractivity (Wildman–Crippen MR) is 229 cm³/mol. The zero-order chi connectivity index (χ0) is 40.1. The molecule has 9 nitrogen and oxygen atoms in total. The summed E-state index contributed by atoms with van der Waals surface area (Å²) in [7, 11) is 1.23. The van der Waals surface area contributed by atoms with Gasteiger partial charge < -0.3 is 45.3 Å². The predicted octanol–water partition coefficient (Wildman–Crippen LogP) is 9.62. The first kappa shape index (κ1) is 34.5. The van der Waals surface area contributed by atoms with Crippen LogP contribution in [0.1, 0.15) is 0 Å². The first-order valence-electron chi connectivity index (χ1n) is 18.4. The van der Waals surface area contributed by atoms with E-state index in [1.807, 2.05) is 60.7 Å². The highest BCUT2D eigenvalue weighted by Crippen LogP contribution is 2.61. The van der Waals surface area contributed by atoms with Gasteiger partial charge in [-0.25, -0.2) is 0 Å². The van der Waals surface area contributed by atoms with Crippen molar-refractivity contribution in [1.29, 1.82) is 0 Å². The Morgan fingerprint density at radius 3 is 1.41 bits per heavy atom. The van der Waals surface area contributed by atoms with Crippen LogP contribution in [0, 0.1) is 0 Å². The van der Waals surface area contributed by atoms with E-state index in [0.717, 1.165) is 60.2 Å². The van der Waals surface area contributed by atoms with Crippen LogP contribution in [0.5, 0.6) is 46.0 Å². The van der Waals surface area contributed by atoms with Gasteiger partial charge in [-0.05, 0) is 78.8 Å². The largest absolute Gasteiger partial charge is 0.505 e. The number of fused-ring (bicyclic) bond motifs is 6. The Hall–Kier alpha value is -7.98. The Morgan fingerprint density at radius 1 is 0.345 bits per heavy atom. The van der Waals surface area contributed by atoms with Crippen LogP contribution in [-0.4, -0.2) is 48.7 Å². The van der Waals surface area contributed by atoms with E-state index in [4.69, 9.17) is 4.42 Å². The van der Waals surface area contributed by atoms with Crippen molar-refractivity contribution in [3.05, 3.63) is 127 Å². The Morgan fingerprint density at radius 2 is 0.845 bits per heavy atom. The van der Waals surface area contributed by atoms with Crippen LogP contribution in [0.3, 0.4) is 0 Å². The van der Waals surface area contributed by atoms with Gasteiger partial charge in [0, 0.05) is 21.8 Å². The third kappa shape index (κ3) is 4.78. The highest BCUT2D eigenvalue weighted by Gasteiger charge is 2.33. The van der Waals surface area contributed by atoms with E-state index in [2.05, 4.69) is 42.5 Å². The van der Waals surface area contributed by atoms with Gasteiger partial charge in [0.2, 0.25) is 0 Å². The SMILES string of the molecule is Bc1c(O)c(O)c(-c2c(O)c(O)c(-c3c4ccccc4c(-c4cccc5oc6cc7cc(-c8ccccc8)ccc7cc6c45)c4ccccc34)c(O)c2O)c(O)c1O. The van der Waals surface area contributed by atoms with Gasteiger partial charge in [0.05, 0.1) is 16.7 Å². The summed E-state index contributed by atoms with van der Waals surface area (Å²) in [6.45, 7) is 0. The standard InChI is InChI=1S/C48H31BO9/c49-40-47(56)45(54)39(46(55)48(40)57)38-43(52)41(50)37(42(51)44(38)53)36-28-13-6-4-11-26(28)34(27-12-5-7-14-29(27)36)30-15-8-16-32-35(30)31-20-24-18-17-23(22-9-2-1-3-10-22)19-25(24)21-33(31)58-32/h1-21,50-57H,49H2. The molecule has 1 heterocycles. The summed E-state index contributed by atoms with van der Waals surface area (Å²) in [6.07, 6.45) is 0. The second-order valence-electron chi connectivity index (χ2n) is 14.4. The van der Waals surface area contributed by atoms with Crippen molar-refractivity contribution in [2.24, 2.45) is 0 Å². The number of aromatic hydroxyl groups is 8. The number of hydrogen-bond donors (Lipinski definition) is 8. The lowest BCUT2D eigenvalue weighted by atomic mass is 9.83. The molecule has 10 heteroatoms. The Kier molecular flexibility index (Phi) is 7.45. The van der Waals surface area contributed by atoms with E-state index >= 15 is 0 Å². The molecule has 10 aromatic rings. The van der Waals surface area contributed by atoms with Crippen molar-refractivity contribution in [3.63, 3.8) is 0 Å². The molecule has 0 saturated heterocycles. The molecule has 9 aromatic carbocycles. The Bertz CT molecular complexity index is 3270. The molecular formula is C48H31BO9. The molecule has 0 unspecified atom stereocenters. The minimum absolute atomic E-state index is 0.272. The Labute approximate surface area is 329 Å². The molecule has 0 amide bonds. The van der Waals surface area contributed by atoms with Crippen molar-refractivity contribution in [2.45, 2.75) is 0 Å². The monoisotopic (exact) mass is 762 g/mol. The zero-order valence-corrected chi connectivity index (χ0v) is 30.6. The fourth-order valence-electron chi connectivity index (χ4n) is 8.50. The number of rotatable bonds is 4. The maximum Gasteiger partial charge on any atom is 0.170 e. The number of hydrogen-bond acceptors (Lipinski definition) is 9. The van der Waals surface area contributed by atoms with Gasteiger partial charge >= 0.3 is 0 Å². The van der Waals surface area contributed by atoms with Crippen LogP contribution in [-0.2, 0) is 0 Å². The maximum atomic E-state index is 11.8. The average molecular weight is 763 g/mol. The van der Waals surface area contributed by atoms with Crippen molar-refractivity contribution in [3.8, 4) is 90.5 Å². The highest BCUT2D eigenvalue weighted by atomic mass is 16.3. The summed E-state index contributed by atoms with van der Waals surface area (Å²) in [5, 5.41) is 95.4. The molecule has 58 heavy (non-hydrogen) atoms. The molecule has 0 saturated carbocycles. The molecule has 280 valence electrons. The van der Waals surface area contributed by atoms with E-state index in [9.17, 15) is 40.9 Å². The van der Waals surface area contributed by atoms with Gasteiger partial charge in [-0.3, -0.25) is 0 Å². The summed E-state index contributed by atoms with van der Waals surface area (Å²) in [5.74, 6) is -7.54. The van der Waals surface area contributed by atoms with Gasteiger partial charge in [0.25, 0.3) is 0 Å². The van der Waals surface area contributed by atoms with Gasteiger partial charge in [0.15, 0.2) is 46.0 Å². The molecule has 8 N–H and O–H groups in total. The molecule has 0 atom stereocenters. The minimum Gasteiger partial charge on any atom is -0.505 e. The van der Waals surface area contributed by atoms with Crippen molar-refractivity contribution >= 4 is 67.6 Å². The summed E-state index contributed by atoms with van der Waals surface area (Å²) < 4.78 is 6.54. The van der Waals surface area contributed by atoms with E-state index in [1.54, 1.807) is 24.3 Å². The average Bonchev–Trinajstić information content (AvgIpc) is 3.62. The lowest BCUT2D eigenvalue weighted by molar-refractivity contribution is 0.370. The minimum atomic E-state index is -1.03. The zero-order valence-electron chi connectivity index (χ0n) is 30.6. The lowest BCUT2D eigenvalue weighted by Crippen LogP contribution is -2.05. The van der Waals surface area contributed by atoms with Crippen molar-refractivity contribution < 1.29 is 45.3 Å². The normalized spacial score (nSPS) is 11.7. The van der Waals surface area contributed by atoms with Crippen LogP contribution >= 0.6 is 0 Å². The van der Waals surface area contributed by atoms with Gasteiger partial charge in [0.1, 0.15) is 19.0 Å². The molecule has 0 aliphatic heterocycles. The lowest BCUT2D eigenvalue weighted by Gasteiger charge is -2.22. The van der Waals surface area contributed by atoms with Crippen molar-refractivity contribution in [1.82, 2.24) is 0 Å². The fourth-order valence-corrected chi connectivity index (χ4v) is 8.50. The number of phenolic OH excluding ortho intramolecular Hbond substituents is 8. The fraction of sp³-hybridized carbons (Fsp3) is 0. The number of phenols is 8. The van der Waals surface area contributed by atoms with E-state index in [-0.39, 0.29) is 16.6 Å². The molecule has 0 fully saturated rings. The van der Waals surface area contributed by atoms with Crippen LogP contribution < -0.4 is 5.46 Å².